The van der Waals surface area contributed by atoms with Crippen molar-refractivity contribution in [3.8, 4) is 0 Å². The molecule has 2 atom stereocenters. The van der Waals surface area contributed by atoms with Gasteiger partial charge in [-0.25, -0.2) is 0 Å². The molecule has 2 heterocycles. The van der Waals surface area contributed by atoms with Gasteiger partial charge in [0.15, 0.2) is 0 Å². The van der Waals surface area contributed by atoms with Gasteiger partial charge in [0.05, 0.1) is 0 Å². The number of aromatic nitrogens is 1. The third-order valence-corrected chi connectivity index (χ3v) is 3.89. The molecule has 0 aliphatic carbocycles. The highest BCUT2D eigenvalue weighted by Gasteiger charge is 2.35. The molecule has 110 valence electrons. The molecule has 0 aromatic carbocycles. The van der Waals surface area contributed by atoms with E-state index < -0.39 is 11.9 Å². The van der Waals surface area contributed by atoms with Crippen LogP contribution in [-0.2, 0) is 11.0 Å². The Labute approximate surface area is 115 Å². The Morgan fingerprint density at radius 1 is 1.55 bits per heavy atom. The zero-order valence-electron chi connectivity index (χ0n) is 11.2. The van der Waals surface area contributed by atoms with Crippen molar-refractivity contribution in [1.82, 2.24) is 9.88 Å². The highest BCUT2D eigenvalue weighted by Crippen LogP contribution is 2.35. The fraction of sp³-hybridized carbons (Fsp3) is 0.571. The first-order chi connectivity index (χ1) is 9.43. The van der Waals surface area contributed by atoms with Crippen molar-refractivity contribution >= 4 is 6.29 Å². The molecule has 2 unspecified atom stereocenters. The van der Waals surface area contributed by atoms with Gasteiger partial charge < -0.3 is 9.69 Å². The number of carbonyl (C=O) groups excluding carboxylic acids is 1. The molecule has 2 rings (SSSR count). The molecule has 0 amide bonds. The van der Waals surface area contributed by atoms with E-state index in [2.05, 4.69) is 9.88 Å². The summed E-state index contributed by atoms with van der Waals surface area (Å²) in [5, 5.41) is 0. The van der Waals surface area contributed by atoms with Gasteiger partial charge in [0.1, 0.15) is 12.0 Å². The van der Waals surface area contributed by atoms with Crippen LogP contribution in [0.25, 0.3) is 0 Å². The summed E-state index contributed by atoms with van der Waals surface area (Å²) >= 11 is 0. The predicted octanol–water partition coefficient (Wildman–Crippen LogP) is 2.87. The molecule has 1 saturated heterocycles. The SMILES string of the molecule is CN1CCCC1C(CC=O)c1ccnc(C(F)(F)F)c1. The molecule has 1 aliphatic heterocycles. The van der Waals surface area contributed by atoms with Gasteiger partial charge in [0, 0.05) is 24.6 Å². The minimum absolute atomic E-state index is 0.115. The molecular weight excluding hydrogens is 269 g/mol. The minimum atomic E-state index is -4.46. The number of aldehydes is 1. The van der Waals surface area contributed by atoms with Gasteiger partial charge in [-0.3, -0.25) is 4.98 Å². The van der Waals surface area contributed by atoms with E-state index in [4.69, 9.17) is 0 Å². The van der Waals surface area contributed by atoms with Crippen LogP contribution in [0.15, 0.2) is 18.3 Å². The fourth-order valence-corrected chi connectivity index (χ4v) is 2.90. The molecule has 20 heavy (non-hydrogen) atoms. The number of hydrogen-bond acceptors (Lipinski definition) is 3. The largest absolute Gasteiger partial charge is 0.433 e. The van der Waals surface area contributed by atoms with Gasteiger partial charge in [-0.15, -0.1) is 0 Å². The van der Waals surface area contributed by atoms with Crippen LogP contribution in [0.3, 0.4) is 0 Å². The predicted molar refractivity (Wildman–Crippen MR) is 68.3 cm³/mol. The molecule has 0 saturated carbocycles. The number of likely N-dealkylation sites (N-methyl/N-ethyl adjacent to an activating group) is 1. The third-order valence-electron chi connectivity index (χ3n) is 3.89. The van der Waals surface area contributed by atoms with E-state index >= 15 is 0 Å². The van der Waals surface area contributed by atoms with Crippen molar-refractivity contribution in [2.45, 2.75) is 37.4 Å². The van der Waals surface area contributed by atoms with Crippen LogP contribution in [0.5, 0.6) is 0 Å². The Hall–Kier alpha value is -1.43. The van der Waals surface area contributed by atoms with Crippen molar-refractivity contribution in [1.29, 1.82) is 0 Å². The molecule has 0 N–H and O–H groups in total. The van der Waals surface area contributed by atoms with Crippen LogP contribution in [0.1, 0.15) is 36.4 Å². The number of nitrogens with zero attached hydrogens (tertiary/aromatic N) is 2. The second-order valence-electron chi connectivity index (χ2n) is 5.17. The molecule has 1 aromatic rings. The van der Waals surface area contributed by atoms with E-state index in [1.165, 1.54) is 6.20 Å². The van der Waals surface area contributed by atoms with Gasteiger partial charge in [-0.05, 0) is 44.1 Å². The van der Waals surface area contributed by atoms with Crippen molar-refractivity contribution in [2.75, 3.05) is 13.6 Å². The number of rotatable bonds is 4. The quantitative estimate of drug-likeness (QED) is 0.798. The summed E-state index contributed by atoms with van der Waals surface area (Å²) in [7, 11) is 1.95. The Morgan fingerprint density at radius 3 is 2.85 bits per heavy atom. The van der Waals surface area contributed by atoms with Crippen molar-refractivity contribution < 1.29 is 18.0 Å². The number of pyridine rings is 1. The van der Waals surface area contributed by atoms with Gasteiger partial charge >= 0.3 is 6.18 Å². The van der Waals surface area contributed by atoms with Gasteiger partial charge in [0.2, 0.25) is 0 Å². The molecule has 0 bridgehead atoms. The van der Waals surface area contributed by atoms with Gasteiger partial charge in [-0.2, -0.15) is 13.2 Å². The van der Waals surface area contributed by atoms with Crippen LogP contribution in [0.2, 0.25) is 0 Å². The monoisotopic (exact) mass is 286 g/mol. The van der Waals surface area contributed by atoms with Crippen LogP contribution in [0.4, 0.5) is 13.2 Å². The first kappa shape index (κ1) is 15.0. The highest BCUT2D eigenvalue weighted by molar-refractivity contribution is 5.52. The van der Waals surface area contributed by atoms with E-state index in [-0.39, 0.29) is 18.4 Å². The van der Waals surface area contributed by atoms with Crippen LogP contribution in [0, 0.1) is 0 Å². The fourth-order valence-electron chi connectivity index (χ4n) is 2.90. The van der Waals surface area contributed by atoms with E-state index in [0.29, 0.717) is 5.56 Å². The first-order valence-electron chi connectivity index (χ1n) is 6.60. The minimum Gasteiger partial charge on any atom is -0.303 e. The zero-order chi connectivity index (χ0) is 14.8. The van der Waals surface area contributed by atoms with Crippen molar-refractivity contribution in [2.24, 2.45) is 0 Å². The Balaban J connectivity index is 2.32. The van der Waals surface area contributed by atoms with Crippen LogP contribution < -0.4 is 0 Å². The van der Waals surface area contributed by atoms with Crippen molar-refractivity contribution in [3.63, 3.8) is 0 Å². The number of halogens is 3. The first-order valence-corrected chi connectivity index (χ1v) is 6.60. The second kappa shape index (κ2) is 5.91. The van der Waals surface area contributed by atoms with Gasteiger partial charge in [0.25, 0.3) is 0 Å². The van der Waals surface area contributed by atoms with E-state index in [1.54, 1.807) is 6.07 Å². The molecule has 0 spiro atoms. The lowest BCUT2D eigenvalue weighted by molar-refractivity contribution is -0.141. The summed E-state index contributed by atoms with van der Waals surface area (Å²) in [6, 6.07) is 2.76. The number of carbonyl (C=O) groups is 1. The number of alkyl halides is 3. The highest BCUT2D eigenvalue weighted by atomic mass is 19.4. The topological polar surface area (TPSA) is 33.2 Å². The third kappa shape index (κ3) is 3.17. The van der Waals surface area contributed by atoms with E-state index in [1.807, 2.05) is 7.05 Å². The summed E-state index contributed by atoms with van der Waals surface area (Å²) in [5.41, 5.74) is -0.357. The molecule has 6 heteroatoms. The molecule has 0 radical (unpaired) electrons. The lowest BCUT2D eigenvalue weighted by Crippen LogP contribution is -2.31. The van der Waals surface area contributed by atoms with Crippen molar-refractivity contribution in [3.05, 3.63) is 29.6 Å². The number of likely N-dealkylation sites (tertiary alicyclic amines) is 1. The summed E-state index contributed by atoms with van der Waals surface area (Å²) in [6.07, 6.45) is -0.360. The summed E-state index contributed by atoms with van der Waals surface area (Å²) in [6.45, 7) is 0.914. The molecule has 1 aromatic heterocycles. The maximum absolute atomic E-state index is 12.7. The number of hydrogen-bond donors (Lipinski definition) is 0. The van der Waals surface area contributed by atoms with E-state index in [9.17, 15) is 18.0 Å². The smallest absolute Gasteiger partial charge is 0.303 e. The molecule has 3 nitrogen and oxygen atoms in total. The van der Waals surface area contributed by atoms with Gasteiger partial charge in [-0.1, -0.05) is 0 Å². The Morgan fingerprint density at radius 2 is 2.30 bits per heavy atom. The standard InChI is InChI=1S/C14H17F3N2O/c1-19-7-2-3-12(19)11(5-8-20)10-4-6-18-13(9-10)14(15,16)17/h4,6,8-9,11-12H,2-3,5,7H2,1H3. The van der Waals surface area contributed by atoms with Crippen LogP contribution in [-0.4, -0.2) is 35.8 Å². The lowest BCUT2D eigenvalue weighted by atomic mass is 9.87. The normalized spacial score (nSPS) is 21.9. The summed E-state index contributed by atoms with van der Waals surface area (Å²) in [4.78, 5) is 16.4. The zero-order valence-corrected chi connectivity index (χ0v) is 11.2. The van der Waals surface area contributed by atoms with E-state index in [0.717, 1.165) is 31.7 Å². The molecule has 1 aliphatic rings. The maximum atomic E-state index is 12.7. The summed E-state index contributed by atoms with van der Waals surface area (Å²) < 4.78 is 38.2. The molecule has 1 fully saturated rings. The second-order valence-corrected chi connectivity index (χ2v) is 5.17. The maximum Gasteiger partial charge on any atom is 0.433 e. The lowest BCUT2D eigenvalue weighted by Gasteiger charge is -2.28. The molecular formula is C14H17F3N2O. The summed E-state index contributed by atoms with van der Waals surface area (Å²) in [5.74, 6) is -0.205. The average molecular weight is 286 g/mol. The Bertz CT molecular complexity index is 476. The Kier molecular flexibility index (Phi) is 4.42. The van der Waals surface area contributed by atoms with Crippen LogP contribution >= 0.6 is 0 Å². The average Bonchev–Trinajstić information content (AvgIpc) is 2.81.